The Morgan fingerprint density at radius 1 is 1.33 bits per heavy atom. The van der Waals surface area contributed by atoms with Crippen LogP contribution >= 0.6 is 0 Å². The van der Waals surface area contributed by atoms with E-state index in [0.717, 1.165) is 12.1 Å². The molecule has 2 rings (SSSR count). The number of benzene rings is 1. The fourth-order valence-corrected chi connectivity index (χ4v) is 2.85. The van der Waals surface area contributed by atoms with Gasteiger partial charge in [-0.25, -0.2) is 4.79 Å². The number of nitriles is 1. The van der Waals surface area contributed by atoms with E-state index in [0.29, 0.717) is 0 Å². The molecule has 148 valence electrons. The van der Waals surface area contributed by atoms with Crippen LogP contribution in [0.3, 0.4) is 0 Å². The van der Waals surface area contributed by atoms with Crippen LogP contribution in [0.25, 0.3) is 0 Å². The Balaban J connectivity index is 2.15. The summed E-state index contributed by atoms with van der Waals surface area (Å²) in [7, 11) is 0. The van der Waals surface area contributed by atoms with Gasteiger partial charge in [-0.1, -0.05) is 0 Å². The van der Waals surface area contributed by atoms with Gasteiger partial charge in [0.1, 0.15) is 5.60 Å². The lowest BCUT2D eigenvalue weighted by atomic mass is 10.0. The van der Waals surface area contributed by atoms with Crippen molar-refractivity contribution in [2.24, 2.45) is 0 Å². The monoisotopic (exact) mass is 385 g/mol. The number of hydrogen-bond acceptors (Lipinski definition) is 5. The number of nitrogens with one attached hydrogen (secondary N) is 1. The third-order valence-electron chi connectivity index (χ3n) is 3.90. The average molecular weight is 385 g/mol. The average Bonchev–Trinajstić information content (AvgIpc) is 2.52. The highest BCUT2D eigenvalue weighted by Gasteiger charge is 2.35. The number of anilines is 1. The summed E-state index contributed by atoms with van der Waals surface area (Å²) >= 11 is 0. The number of amides is 1. The lowest BCUT2D eigenvalue weighted by molar-refractivity contribution is -0.137. The topological polar surface area (TPSA) is 85.6 Å². The Morgan fingerprint density at radius 3 is 2.56 bits per heavy atom. The van der Waals surface area contributed by atoms with Crippen LogP contribution in [0.2, 0.25) is 0 Å². The van der Waals surface area contributed by atoms with Gasteiger partial charge in [-0.15, -0.1) is 0 Å². The number of ether oxygens (including phenoxy) is 1. The number of halogens is 3. The van der Waals surface area contributed by atoms with Gasteiger partial charge in [0, 0.05) is 18.3 Å². The van der Waals surface area contributed by atoms with Crippen molar-refractivity contribution in [3.63, 3.8) is 0 Å². The summed E-state index contributed by atoms with van der Waals surface area (Å²) < 4.78 is 44.6. The normalized spacial score (nSPS) is 20.7. The SMILES string of the molecule is CC(C)(C)OC(=O)N1C[C@H](O)C[C@@H](Nc2ccc(C#N)c(C(F)(F)F)c2)C1. The summed E-state index contributed by atoms with van der Waals surface area (Å²) in [5.41, 5.74) is -2.04. The van der Waals surface area contributed by atoms with Crippen molar-refractivity contribution in [3.8, 4) is 6.07 Å². The molecule has 6 nitrogen and oxygen atoms in total. The number of β-amino-alcohol motifs (C(OH)–C–C–N with tert-alkyl or cyclic N) is 1. The molecule has 1 aromatic carbocycles. The molecule has 1 aliphatic rings. The Kier molecular flexibility index (Phi) is 5.90. The molecule has 1 saturated heterocycles. The summed E-state index contributed by atoms with van der Waals surface area (Å²) in [5.74, 6) is 0. The van der Waals surface area contributed by atoms with E-state index < -0.39 is 41.1 Å². The van der Waals surface area contributed by atoms with E-state index in [1.807, 2.05) is 0 Å². The third kappa shape index (κ3) is 5.76. The van der Waals surface area contributed by atoms with Crippen LogP contribution in [-0.4, -0.2) is 46.9 Å². The third-order valence-corrected chi connectivity index (χ3v) is 3.90. The first-order chi connectivity index (χ1) is 12.4. The molecule has 0 aromatic heterocycles. The minimum atomic E-state index is -4.66. The molecule has 0 unspecified atom stereocenters. The van der Waals surface area contributed by atoms with Crippen molar-refractivity contribution in [1.29, 1.82) is 5.26 Å². The van der Waals surface area contributed by atoms with Crippen LogP contribution < -0.4 is 5.32 Å². The zero-order chi connectivity index (χ0) is 20.4. The van der Waals surface area contributed by atoms with Crippen molar-refractivity contribution in [2.75, 3.05) is 18.4 Å². The van der Waals surface area contributed by atoms with Crippen molar-refractivity contribution in [1.82, 2.24) is 4.90 Å². The van der Waals surface area contributed by atoms with E-state index in [1.165, 1.54) is 17.0 Å². The molecule has 1 aromatic rings. The number of carbonyl (C=O) groups excluding carboxylic acids is 1. The number of rotatable bonds is 2. The second kappa shape index (κ2) is 7.64. The molecule has 1 amide bonds. The van der Waals surface area contributed by atoms with Crippen molar-refractivity contribution >= 4 is 11.8 Å². The van der Waals surface area contributed by atoms with Gasteiger partial charge in [0.15, 0.2) is 0 Å². The first-order valence-electron chi connectivity index (χ1n) is 8.43. The number of carbonyl (C=O) groups is 1. The molecule has 9 heteroatoms. The lowest BCUT2D eigenvalue weighted by Crippen LogP contribution is -2.52. The molecule has 0 spiro atoms. The van der Waals surface area contributed by atoms with E-state index in [1.54, 1.807) is 20.8 Å². The standard InChI is InChI=1S/C18H22F3N3O3/c1-17(2,3)27-16(26)24-9-13(6-14(25)10-24)23-12-5-4-11(8-22)15(7-12)18(19,20)21/h4-5,7,13-14,23,25H,6,9-10H2,1-3H3/t13-,14-/m1/s1. The highest BCUT2D eigenvalue weighted by molar-refractivity contribution is 5.68. The summed E-state index contributed by atoms with van der Waals surface area (Å²) in [6, 6.07) is 4.38. The van der Waals surface area contributed by atoms with Crippen LogP contribution in [0.1, 0.15) is 38.3 Å². The van der Waals surface area contributed by atoms with E-state index >= 15 is 0 Å². The van der Waals surface area contributed by atoms with Crippen molar-refractivity contribution < 1.29 is 27.8 Å². The fourth-order valence-electron chi connectivity index (χ4n) is 2.85. The molecule has 2 N–H and O–H groups in total. The van der Waals surface area contributed by atoms with Gasteiger partial charge >= 0.3 is 12.3 Å². The van der Waals surface area contributed by atoms with E-state index in [9.17, 15) is 23.1 Å². The van der Waals surface area contributed by atoms with Gasteiger partial charge in [-0.05, 0) is 45.4 Å². The first-order valence-corrected chi connectivity index (χ1v) is 8.43. The minimum absolute atomic E-state index is 0.0915. The molecule has 0 saturated carbocycles. The fraction of sp³-hybridized carbons (Fsp3) is 0.556. The number of piperidine rings is 1. The zero-order valence-corrected chi connectivity index (χ0v) is 15.3. The van der Waals surface area contributed by atoms with Crippen LogP contribution in [0.4, 0.5) is 23.7 Å². The molecular weight excluding hydrogens is 363 g/mol. The van der Waals surface area contributed by atoms with Gasteiger partial charge in [0.05, 0.1) is 29.8 Å². The highest BCUT2D eigenvalue weighted by Crippen LogP contribution is 2.34. The summed E-state index contributed by atoms with van der Waals surface area (Å²) in [5, 5.41) is 21.8. The Morgan fingerprint density at radius 2 is 2.00 bits per heavy atom. The van der Waals surface area contributed by atoms with E-state index in [-0.39, 0.29) is 25.2 Å². The van der Waals surface area contributed by atoms with Crippen LogP contribution in [0.15, 0.2) is 18.2 Å². The highest BCUT2D eigenvalue weighted by atomic mass is 19.4. The summed E-state index contributed by atoms with van der Waals surface area (Å²) in [6.07, 6.45) is -5.81. The predicted octanol–water partition coefficient (Wildman–Crippen LogP) is 3.36. The maximum Gasteiger partial charge on any atom is 0.417 e. The Labute approximate surface area is 155 Å². The minimum Gasteiger partial charge on any atom is -0.444 e. The summed E-state index contributed by atoms with van der Waals surface area (Å²) in [4.78, 5) is 13.5. The van der Waals surface area contributed by atoms with Gasteiger partial charge in [0.2, 0.25) is 0 Å². The van der Waals surface area contributed by atoms with Crippen LogP contribution in [0.5, 0.6) is 0 Å². The Bertz CT molecular complexity index is 738. The molecule has 0 radical (unpaired) electrons. The number of aliphatic hydroxyl groups is 1. The van der Waals surface area contributed by atoms with E-state index in [4.69, 9.17) is 10.00 Å². The van der Waals surface area contributed by atoms with Crippen molar-refractivity contribution in [3.05, 3.63) is 29.3 Å². The largest absolute Gasteiger partial charge is 0.444 e. The number of likely N-dealkylation sites (tertiary alicyclic amines) is 1. The van der Waals surface area contributed by atoms with E-state index in [2.05, 4.69) is 5.32 Å². The van der Waals surface area contributed by atoms with Crippen LogP contribution in [-0.2, 0) is 10.9 Å². The molecule has 2 atom stereocenters. The molecule has 1 fully saturated rings. The van der Waals surface area contributed by atoms with Crippen LogP contribution in [0, 0.1) is 11.3 Å². The van der Waals surface area contributed by atoms with Crippen molar-refractivity contribution in [2.45, 2.75) is 51.1 Å². The van der Waals surface area contributed by atoms with Gasteiger partial charge in [-0.3, -0.25) is 0 Å². The molecule has 27 heavy (non-hydrogen) atoms. The number of nitrogens with zero attached hydrogens (tertiary/aromatic N) is 2. The van der Waals surface area contributed by atoms with Gasteiger partial charge in [-0.2, -0.15) is 18.4 Å². The number of aliphatic hydroxyl groups excluding tert-OH is 1. The second-order valence-electron chi connectivity index (χ2n) is 7.49. The summed E-state index contributed by atoms with van der Waals surface area (Å²) in [6.45, 7) is 5.42. The van der Waals surface area contributed by atoms with Gasteiger partial charge in [0.25, 0.3) is 0 Å². The second-order valence-corrected chi connectivity index (χ2v) is 7.49. The molecule has 1 aliphatic heterocycles. The lowest BCUT2D eigenvalue weighted by Gasteiger charge is -2.37. The maximum absolute atomic E-state index is 13.1. The smallest absolute Gasteiger partial charge is 0.417 e. The number of hydrogen-bond donors (Lipinski definition) is 2. The maximum atomic E-state index is 13.1. The quantitative estimate of drug-likeness (QED) is 0.815. The zero-order valence-electron chi connectivity index (χ0n) is 15.3. The molecule has 0 bridgehead atoms. The molecular formula is C18H22F3N3O3. The Hall–Kier alpha value is -2.47. The predicted molar refractivity (Wildman–Crippen MR) is 92.0 cm³/mol. The van der Waals surface area contributed by atoms with Gasteiger partial charge < -0.3 is 20.1 Å². The number of alkyl halides is 3. The first kappa shape index (κ1) is 20.8. The molecule has 1 heterocycles. The molecule has 0 aliphatic carbocycles.